The summed E-state index contributed by atoms with van der Waals surface area (Å²) in [5, 5.41) is 18.1. The average Bonchev–Trinajstić information content (AvgIpc) is 2.27. The van der Waals surface area contributed by atoms with Gasteiger partial charge in [-0.1, -0.05) is 34.1 Å². The van der Waals surface area contributed by atoms with E-state index in [1.807, 2.05) is 6.92 Å². The number of aliphatic hydroxyl groups is 1. The van der Waals surface area contributed by atoms with Crippen molar-refractivity contribution in [3.05, 3.63) is 34.9 Å². The fraction of sp³-hybridized carbons (Fsp3) is 0.333. The van der Waals surface area contributed by atoms with Crippen LogP contribution in [-0.4, -0.2) is 22.0 Å². The van der Waals surface area contributed by atoms with Crippen LogP contribution in [0.2, 0.25) is 0 Å². The number of hydrogen-bond donors (Lipinski definition) is 2. The highest BCUT2D eigenvalue weighted by molar-refractivity contribution is 9.09. The molecule has 1 rings (SSSR count). The van der Waals surface area contributed by atoms with Crippen molar-refractivity contribution in [1.29, 1.82) is 0 Å². The molecule has 2 atom stereocenters. The molecule has 0 bridgehead atoms. The second-order valence-electron chi connectivity index (χ2n) is 3.83. The predicted octanol–water partition coefficient (Wildman–Crippen LogP) is 2.14. The standard InChI is InChI=1S/C12H13BrO4/c1-6-3-4-8(11(15)12(16)17)5-9(6)10(13)7(2)14/h3-5,10-11,15H,1-2H3,(H,16,17). The average molecular weight is 301 g/mol. The van der Waals surface area contributed by atoms with E-state index < -0.39 is 16.9 Å². The van der Waals surface area contributed by atoms with Crippen LogP contribution < -0.4 is 0 Å². The summed E-state index contributed by atoms with van der Waals surface area (Å²) in [6, 6.07) is 4.76. The van der Waals surface area contributed by atoms with Crippen LogP contribution in [0.1, 0.15) is 34.5 Å². The van der Waals surface area contributed by atoms with Gasteiger partial charge in [0.2, 0.25) is 0 Å². The molecule has 2 unspecified atom stereocenters. The van der Waals surface area contributed by atoms with Gasteiger partial charge in [0.1, 0.15) is 5.78 Å². The summed E-state index contributed by atoms with van der Waals surface area (Å²) in [5.41, 5.74) is 1.81. The highest BCUT2D eigenvalue weighted by Crippen LogP contribution is 2.29. The molecule has 1 aromatic rings. The van der Waals surface area contributed by atoms with Gasteiger partial charge in [-0.3, -0.25) is 4.79 Å². The summed E-state index contributed by atoms with van der Waals surface area (Å²) < 4.78 is 0. The van der Waals surface area contributed by atoms with Crippen LogP contribution in [0.4, 0.5) is 0 Å². The Morgan fingerprint density at radius 3 is 2.41 bits per heavy atom. The molecule has 2 N–H and O–H groups in total. The Hall–Kier alpha value is -1.20. The number of alkyl halides is 1. The van der Waals surface area contributed by atoms with Gasteiger partial charge in [-0.2, -0.15) is 0 Å². The summed E-state index contributed by atoms with van der Waals surface area (Å²) >= 11 is 3.24. The topological polar surface area (TPSA) is 74.6 Å². The predicted molar refractivity (Wildman–Crippen MR) is 66.1 cm³/mol. The first-order chi connectivity index (χ1) is 7.84. The molecule has 0 radical (unpaired) electrons. The number of carbonyl (C=O) groups excluding carboxylic acids is 1. The number of aryl methyl sites for hydroxylation is 1. The Morgan fingerprint density at radius 1 is 1.35 bits per heavy atom. The van der Waals surface area contributed by atoms with Crippen molar-refractivity contribution in [3.63, 3.8) is 0 Å². The Labute approximate surface area is 107 Å². The summed E-state index contributed by atoms with van der Waals surface area (Å²) in [7, 11) is 0. The van der Waals surface area contributed by atoms with E-state index >= 15 is 0 Å². The number of carboxylic acids is 1. The number of benzene rings is 1. The smallest absolute Gasteiger partial charge is 0.337 e. The lowest BCUT2D eigenvalue weighted by molar-refractivity contribution is -0.146. The number of hydrogen-bond acceptors (Lipinski definition) is 3. The lowest BCUT2D eigenvalue weighted by Gasteiger charge is -2.13. The van der Waals surface area contributed by atoms with E-state index in [-0.39, 0.29) is 11.3 Å². The number of Topliss-reactive ketones (excluding diaryl/α,β-unsaturated/α-hetero) is 1. The van der Waals surface area contributed by atoms with Crippen LogP contribution in [0, 0.1) is 6.92 Å². The van der Waals surface area contributed by atoms with Crippen molar-refractivity contribution in [3.8, 4) is 0 Å². The molecule has 0 heterocycles. The quantitative estimate of drug-likeness (QED) is 0.836. The van der Waals surface area contributed by atoms with Crippen LogP contribution in [0.15, 0.2) is 18.2 Å². The van der Waals surface area contributed by atoms with E-state index in [4.69, 9.17) is 5.11 Å². The van der Waals surface area contributed by atoms with Crippen molar-refractivity contribution in [1.82, 2.24) is 0 Å². The summed E-state index contributed by atoms with van der Waals surface area (Å²) in [5.74, 6) is -1.39. The second-order valence-corrected chi connectivity index (χ2v) is 4.75. The van der Waals surface area contributed by atoms with E-state index in [1.165, 1.54) is 19.1 Å². The van der Waals surface area contributed by atoms with Gasteiger partial charge in [0.25, 0.3) is 0 Å². The molecule has 4 nitrogen and oxygen atoms in total. The Balaban J connectivity index is 3.19. The molecule has 92 valence electrons. The number of carbonyl (C=O) groups is 2. The van der Waals surface area contributed by atoms with Crippen molar-refractivity contribution in [2.24, 2.45) is 0 Å². The third-order valence-electron chi connectivity index (χ3n) is 2.48. The maximum atomic E-state index is 11.3. The van der Waals surface area contributed by atoms with Crippen LogP contribution in [0.3, 0.4) is 0 Å². The Morgan fingerprint density at radius 2 is 1.94 bits per heavy atom. The minimum atomic E-state index is -1.57. The van der Waals surface area contributed by atoms with E-state index in [1.54, 1.807) is 6.07 Å². The maximum Gasteiger partial charge on any atom is 0.337 e. The summed E-state index contributed by atoms with van der Waals surface area (Å²) in [4.78, 5) is 21.5. The lowest BCUT2D eigenvalue weighted by Crippen LogP contribution is -2.12. The fourth-order valence-corrected chi connectivity index (χ4v) is 1.96. The maximum absolute atomic E-state index is 11.3. The largest absolute Gasteiger partial charge is 0.479 e. The molecule has 0 saturated carbocycles. The normalized spacial score (nSPS) is 14.1. The van der Waals surface area contributed by atoms with Gasteiger partial charge in [0.15, 0.2) is 6.10 Å². The molecule has 0 aliphatic rings. The number of aliphatic carboxylic acids is 1. The van der Waals surface area contributed by atoms with Gasteiger partial charge in [0.05, 0.1) is 4.83 Å². The number of ketones is 1. The molecular formula is C12H13BrO4. The zero-order valence-electron chi connectivity index (χ0n) is 9.48. The third kappa shape index (κ3) is 3.14. The second kappa shape index (κ2) is 5.42. The number of halogens is 1. The van der Waals surface area contributed by atoms with Gasteiger partial charge in [-0.25, -0.2) is 4.79 Å². The highest BCUT2D eigenvalue weighted by Gasteiger charge is 2.20. The van der Waals surface area contributed by atoms with E-state index in [2.05, 4.69) is 15.9 Å². The van der Waals surface area contributed by atoms with Gasteiger partial charge in [0, 0.05) is 0 Å². The minimum Gasteiger partial charge on any atom is -0.479 e. The first kappa shape index (κ1) is 13.9. The first-order valence-electron chi connectivity index (χ1n) is 5.00. The van der Waals surface area contributed by atoms with E-state index in [0.29, 0.717) is 5.56 Å². The van der Waals surface area contributed by atoms with Gasteiger partial charge in [-0.05, 0) is 30.5 Å². The van der Waals surface area contributed by atoms with Crippen molar-refractivity contribution in [2.75, 3.05) is 0 Å². The van der Waals surface area contributed by atoms with Crippen LogP contribution >= 0.6 is 15.9 Å². The summed E-state index contributed by atoms with van der Waals surface area (Å²) in [6.07, 6.45) is -1.57. The van der Waals surface area contributed by atoms with Crippen LogP contribution in [-0.2, 0) is 9.59 Å². The SMILES string of the molecule is CC(=O)C(Br)c1cc(C(O)C(=O)O)ccc1C. The fourth-order valence-electron chi connectivity index (χ4n) is 1.46. The van der Waals surface area contributed by atoms with Crippen LogP contribution in [0.25, 0.3) is 0 Å². The summed E-state index contributed by atoms with van der Waals surface area (Å²) in [6.45, 7) is 3.27. The minimum absolute atomic E-state index is 0.0740. The van der Waals surface area contributed by atoms with E-state index in [9.17, 15) is 14.7 Å². The van der Waals surface area contributed by atoms with Crippen molar-refractivity contribution >= 4 is 27.7 Å². The van der Waals surface area contributed by atoms with Gasteiger partial charge < -0.3 is 10.2 Å². The highest BCUT2D eigenvalue weighted by atomic mass is 79.9. The van der Waals surface area contributed by atoms with Crippen molar-refractivity contribution < 1.29 is 19.8 Å². The number of aliphatic hydroxyl groups excluding tert-OH is 1. The van der Waals surface area contributed by atoms with E-state index in [0.717, 1.165) is 5.56 Å². The van der Waals surface area contributed by atoms with Gasteiger partial charge >= 0.3 is 5.97 Å². The molecule has 0 amide bonds. The molecule has 0 aromatic heterocycles. The third-order valence-corrected chi connectivity index (χ3v) is 3.62. The van der Waals surface area contributed by atoms with Crippen LogP contribution in [0.5, 0.6) is 0 Å². The Kier molecular flexibility index (Phi) is 4.42. The number of carboxylic acid groups (broad SMARTS) is 1. The zero-order chi connectivity index (χ0) is 13.2. The molecule has 0 spiro atoms. The molecular weight excluding hydrogens is 288 g/mol. The molecule has 0 aliphatic carbocycles. The molecule has 0 saturated heterocycles. The van der Waals surface area contributed by atoms with Crippen molar-refractivity contribution in [2.45, 2.75) is 24.8 Å². The van der Waals surface area contributed by atoms with Gasteiger partial charge in [-0.15, -0.1) is 0 Å². The molecule has 0 fully saturated rings. The molecule has 17 heavy (non-hydrogen) atoms. The zero-order valence-corrected chi connectivity index (χ0v) is 11.1. The molecule has 0 aliphatic heterocycles. The number of rotatable bonds is 4. The monoisotopic (exact) mass is 300 g/mol. The Bertz CT molecular complexity index is 456. The molecule has 1 aromatic carbocycles. The molecule has 5 heteroatoms. The first-order valence-corrected chi connectivity index (χ1v) is 5.92. The lowest BCUT2D eigenvalue weighted by atomic mass is 9.98.